The maximum atomic E-state index is 4.68. The second-order valence-electron chi connectivity index (χ2n) is 7.15. The molecule has 0 atom stereocenters. The van der Waals surface area contributed by atoms with Gasteiger partial charge in [0.2, 0.25) is 0 Å². The molecule has 1 saturated heterocycles. The van der Waals surface area contributed by atoms with Crippen LogP contribution in [0.3, 0.4) is 0 Å². The van der Waals surface area contributed by atoms with Crippen LogP contribution in [0.25, 0.3) is 10.9 Å². The van der Waals surface area contributed by atoms with Crippen LogP contribution < -0.4 is 10.2 Å². The Morgan fingerprint density at radius 3 is 2.80 bits per heavy atom. The number of fused-ring (bicyclic) bond motifs is 1. The van der Waals surface area contributed by atoms with Crippen LogP contribution in [0.2, 0.25) is 0 Å². The van der Waals surface area contributed by atoms with Gasteiger partial charge in [-0.25, -0.2) is 4.98 Å². The summed E-state index contributed by atoms with van der Waals surface area (Å²) in [5.41, 5.74) is 3.75. The monoisotopic (exact) mass is 334 g/mol. The normalized spacial score (nSPS) is 15.8. The molecule has 3 aromatic rings. The van der Waals surface area contributed by atoms with Crippen molar-refractivity contribution < 1.29 is 0 Å². The predicted octanol–water partition coefficient (Wildman–Crippen LogP) is 4.09. The largest absolute Gasteiger partial charge is 0.361 e. The summed E-state index contributed by atoms with van der Waals surface area (Å²) in [4.78, 5) is 10.3. The van der Waals surface area contributed by atoms with E-state index in [0.717, 1.165) is 37.9 Å². The number of nitrogens with one attached hydrogen (secondary N) is 2. The summed E-state index contributed by atoms with van der Waals surface area (Å²) in [6, 6.07) is 12.9. The van der Waals surface area contributed by atoms with Gasteiger partial charge in [0.25, 0.3) is 0 Å². The van der Waals surface area contributed by atoms with Gasteiger partial charge < -0.3 is 15.2 Å². The van der Waals surface area contributed by atoms with Gasteiger partial charge in [-0.3, -0.25) is 0 Å². The molecule has 1 fully saturated rings. The molecule has 0 amide bonds. The molecule has 1 aliphatic heterocycles. The lowest BCUT2D eigenvalue weighted by Gasteiger charge is -2.31. The van der Waals surface area contributed by atoms with E-state index in [1.54, 1.807) is 0 Å². The third-order valence-corrected chi connectivity index (χ3v) is 5.25. The molecule has 0 radical (unpaired) electrons. The fourth-order valence-electron chi connectivity index (χ4n) is 3.59. The number of piperidine rings is 1. The molecular formula is C21H26N4. The number of rotatable bonds is 5. The molecule has 0 spiro atoms. The Balaban J connectivity index is 1.33. The molecule has 1 aromatic carbocycles. The van der Waals surface area contributed by atoms with E-state index in [-0.39, 0.29) is 0 Å². The summed E-state index contributed by atoms with van der Waals surface area (Å²) >= 11 is 0. The lowest BCUT2D eigenvalue weighted by molar-refractivity contribution is 0.436. The number of H-pyrrole nitrogens is 1. The summed E-state index contributed by atoms with van der Waals surface area (Å²) in [5, 5.41) is 4.83. The van der Waals surface area contributed by atoms with Crippen LogP contribution in [0.4, 0.5) is 5.82 Å². The zero-order valence-corrected chi connectivity index (χ0v) is 14.8. The average Bonchev–Trinajstić information content (AvgIpc) is 3.13. The van der Waals surface area contributed by atoms with Crippen LogP contribution in [0.5, 0.6) is 0 Å². The summed E-state index contributed by atoms with van der Waals surface area (Å²) in [6.45, 7) is 6.30. The molecule has 4 rings (SSSR count). The molecule has 0 aliphatic carbocycles. The van der Waals surface area contributed by atoms with Gasteiger partial charge in [0.05, 0.1) is 0 Å². The van der Waals surface area contributed by atoms with E-state index >= 15 is 0 Å². The Hall–Kier alpha value is -2.33. The van der Waals surface area contributed by atoms with Crippen molar-refractivity contribution in [3.63, 3.8) is 0 Å². The molecule has 0 saturated carbocycles. The lowest BCUT2D eigenvalue weighted by Crippen LogP contribution is -2.33. The van der Waals surface area contributed by atoms with Gasteiger partial charge >= 0.3 is 0 Å². The number of aromatic amines is 1. The summed E-state index contributed by atoms with van der Waals surface area (Å²) in [7, 11) is 0. The van der Waals surface area contributed by atoms with Gasteiger partial charge in [0, 0.05) is 49.5 Å². The minimum atomic E-state index is 0.838. The van der Waals surface area contributed by atoms with Gasteiger partial charge in [0.15, 0.2) is 0 Å². The minimum Gasteiger partial charge on any atom is -0.361 e. The standard InChI is InChI=1S/C21H26N4/c1-16-8-11-25(12-9-16)21-6-5-17(14-24-21)13-22-15-18-3-2-4-20-19(18)7-10-23-20/h2-7,10,14,16,22-23H,8-9,11-13,15H2,1H3. The lowest BCUT2D eigenvalue weighted by atomic mass is 9.99. The van der Waals surface area contributed by atoms with Crippen LogP contribution >= 0.6 is 0 Å². The van der Waals surface area contributed by atoms with Crippen LogP contribution in [0.1, 0.15) is 30.9 Å². The van der Waals surface area contributed by atoms with Gasteiger partial charge in [-0.2, -0.15) is 0 Å². The smallest absolute Gasteiger partial charge is 0.128 e. The number of pyridine rings is 1. The number of benzene rings is 1. The van der Waals surface area contributed by atoms with E-state index in [2.05, 4.69) is 63.5 Å². The van der Waals surface area contributed by atoms with Crippen molar-refractivity contribution in [3.8, 4) is 0 Å². The molecular weight excluding hydrogens is 308 g/mol. The van der Waals surface area contributed by atoms with Gasteiger partial charge in [0.1, 0.15) is 5.82 Å². The third-order valence-electron chi connectivity index (χ3n) is 5.25. The fourth-order valence-corrected chi connectivity index (χ4v) is 3.59. The molecule has 0 bridgehead atoms. The van der Waals surface area contributed by atoms with Crippen LogP contribution in [0, 0.1) is 5.92 Å². The first-order valence-corrected chi connectivity index (χ1v) is 9.25. The van der Waals surface area contributed by atoms with Gasteiger partial charge in [-0.05, 0) is 48.1 Å². The highest BCUT2D eigenvalue weighted by atomic mass is 15.2. The number of anilines is 1. The average molecular weight is 334 g/mol. The quantitative estimate of drug-likeness (QED) is 0.739. The van der Waals surface area contributed by atoms with E-state index in [1.807, 2.05) is 12.4 Å². The maximum absolute atomic E-state index is 4.68. The predicted molar refractivity (Wildman–Crippen MR) is 104 cm³/mol. The van der Waals surface area contributed by atoms with Crippen molar-refractivity contribution in [1.82, 2.24) is 15.3 Å². The first kappa shape index (κ1) is 16.2. The highest BCUT2D eigenvalue weighted by Crippen LogP contribution is 2.21. The SMILES string of the molecule is CC1CCN(c2ccc(CNCc3cccc4[nH]ccc34)cn2)CC1. The molecule has 3 heterocycles. The molecule has 0 unspecified atom stereocenters. The Morgan fingerprint density at radius 2 is 2.00 bits per heavy atom. The number of nitrogens with zero attached hydrogens (tertiary/aromatic N) is 2. The van der Waals surface area contributed by atoms with Gasteiger partial charge in [-0.15, -0.1) is 0 Å². The molecule has 25 heavy (non-hydrogen) atoms. The molecule has 2 aromatic heterocycles. The number of aromatic nitrogens is 2. The molecule has 4 nitrogen and oxygen atoms in total. The van der Waals surface area contributed by atoms with E-state index in [1.165, 1.54) is 34.9 Å². The molecule has 4 heteroatoms. The minimum absolute atomic E-state index is 0.838. The second kappa shape index (κ2) is 7.28. The third kappa shape index (κ3) is 3.69. The Morgan fingerprint density at radius 1 is 1.12 bits per heavy atom. The molecule has 1 aliphatic rings. The van der Waals surface area contributed by atoms with Crippen molar-refractivity contribution in [3.05, 3.63) is 59.9 Å². The van der Waals surface area contributed by atoms with Crippen LogP contribution in [-0.2, 0) is 13.1 Å². The van der Waals surface area contributed by atoms with Crippen molar-refractivity contribution in [2.24, 2.45) is 5.92 Å². The first-order chi connectivity index (χ1) is 12.3. The number of hydrogen-bond donors (Lipinski definition) is 2. The van der Waals surface area contributed by atoms with E-state index in [9.17, 15) is 0 Å². The van der Waals surface area contributed by atoms with Crippen molar-refractivity contribution >= 4 is 16.7 Å². The summed E-state index contributed by atoms with van der Waals surface area (Å²) < 4.78 is 0. The second-order valence-corrected chi connectivity index (χ2v) is 7.15. The van der Waals surface area contributed by atoms with Gasteiger partial charge in [-0.1, -0.05) is 25.1 Å². The molecule has 2 N–H and O–H groups in total. The van der Waals surface area contributed by atoms with E-state index in [4.69, 9.17) is 0 Å². The van der Waals surface area contributed by atoms with Crippen LogP contribution in [0.15, 0.2) is 48.8 Å². The van der Waals surface area contributed by atoms with Crippen molar-refractivity contribution in [2.45, 2.75) is 32.9 Å². The van der Waals surface area contributed by atoms with Crippen molar-refractivity contribution in [1.29, 1.82) is 0 Å². The Bertz CT molecular complexity index is 813. The Labute approximate surface area is 149 Å². The molecule has 130 valence electrons. The zero-order chi connectivity index (χ0) is 17.1. The number of hydrogen-bond acceptors (Lipinski definition) is 3. The topological polar surface area (TPSA) is 44.0 Å². The Kier molecular flexibility index (Phi) is 4.70. The fraction of sp³-hybridized carbons (Fsp3) is 0.381. The zero-order valence-electron chi connectivity index (χ0n) is 14.8. The first-order valence-electron chi connectivity index (χ1n) is 9.25. The summed E-state index contributed by atoms with van der Waals surface area (Å²) in [5.74, 6) is 1.97. The summed E-state index contributed by atoms with van der Waals surface area (Å²) in [6.07, 6.45) is 6.56. The van der Waals surface area contributed by atoms with E-state index in [0.29, 0.717) is 0 Å². The van der Waals surface area contributed by atoms with E-state index < -0.39 is 0 Å². The maximum Gasteiger partial charge on any atom is 0.128 e. The van der Waals surface area contributed by atoms with Crippen molar-refractivity contribution in [2.75, 3.05) is 18.0 Å². The highest BCUT2D eigenvalue weighted by molar-refractivity contribution is 5.82. The highest BCUT2D eigenvalue weighted by Gasteiger charge is 2.16. The van der Waals surface area contributed by atoms with Crippen LogP contribution in [-0.4, -0.2) is 23.1 Å².